The van der Waals surface area contributed by atoms with Crippen molar-refractivity contribution < 1.29 is 22.7 Å². The minimum absolute atomic E-state index is 0.157. The van der Waals surface area contributed by atoms with Crippen molar-refractivity contribution in [2.45, 2.75) is 30.4 Å². The van der Waals surface area contributed by atoms with Gasteiger partial charge in [-0.15, -0.1) is 0 Å². The van der Waals surface area contributed by atoms with Crippen LogP contribution in [0.5, 0.6) is 0 Å². The van der Waals surface area contributed by atoms with Crippen LogP contribution in [-0.4, -0.2) is 44.2 Å². The lowest BCUT2D eigenvalue weighted by molar-refractivity contribution is -0.120. The SMILES string of the molecule is CS(=O)(=O)c1ccc(-c2cccc(NC(=O)C3CCCN3C(=O)OCc3ccccc3)c2)cc1. The number of anilines is 1. The van der Waals surface area contributed by atoms with Crippen molar-refractivity contribution in [3.63, 3.8) is 0 Å². The van der Waals surface area contributed by atoms with Crippen LogP contribution < -0.4 is 5.32 Å². The maximum Gasteiger partial charge on any atom is 0.410 e. The molecule has 0 aromatic heterocycles. The van der Waals surface area contributed by atoms with Gasteiger partial charge in [-0.05, 0) is 53.8 Å². The Bertz CT molecular complexity index is 1270. The molecule has 1 aliphatic rings. The Morgan fingerprint density at radius 2 is 1.71 bits per heavy atom. The first kappa shape index (κ1) is 23.5. The molecular formula is C26H26N2O5S. The van der Waals surface area contributed by atoms with Gasteiger partial charge in [0, 0.05) is 18.5 Å². The van der Waals surface area contributed by atoms with Crippen LogP contribution in [0.2, 0.25) is 0 Å². The second kappa shape index (κ2) is 10.1. The number of benzene rings is 3. The first-order valence-electron chi connectivity index (χ1n) is 11.0. The van der Waals surface area contributed by atoms with E-state index in [1.165, 1.54) is 11.2 Å². The Balaban J connectivity index is 1.41. The third-order valence-electron chi connectivity index (χ3n) is 5.74. The van der Waals surface area contributed by atoms with Crippen molar-refractivity contribution in [1.29, 1.82) is 0 Å². The lowest BCUT2D eigenvalue weighted by Gasteiger charge is -2.23. The molecule has 1 N–H and O–H groups in total. The molecule has 0 saturated carbocycles. The molecule has 0 radical (unpaired) electrons. The Labute approximate surface area is 199 Å². The van der Waals surface area contributed by atoms with E-state index < -0.39 is 22.0 Å². The van der Waals surface area contributed by atoms with Gasteiger partial charge in [-0.3, -0.25) is 9.69 Å². The zero-order valence-electron chi connectivity index (χ0n) is 18.8. The molecule has 0 spiro atoms. The molecule has 1 fully saturated rings. The number of amides is 2. The fourth-order valence-electron chi connectivity index (χ4n) is 3.96. The minimum Gasteiger partial charge on any atom is -0.445 e. The van der Waals surface area contributed by atoms with E-state index in [4.69, 9.17) is 4.74 Å². The summed E-state index contributed by atoms with van der Waals surface area (Å²) in [5.41, 5.74) is 3.15. The minimum atomic E-state index is -3.27. The zero-order valence-corrected chi connectivity index (χ0v) is 19.6. The molecule has 1 heterocycles. The summed E-state index contributed by atoms with van der Waals surface area (Å²) in [6, 6.07) is 22.7. The number of nitrogens with one attached hydrogen (secondary N) is 1. The quantitative estimate of drug-likeness (QED) is 0.563. The standard InChI is InChI=1S/C26H26N2O5S/c1-34(31,32)23-14-12-20(13-15-23)21-9-5-10-22(17-21)27-25(29)24-11-6-16-28(24)26(30)33-18-19-7-3-2-4-8-19/h2-5,7-10,12-15,17,24H,6,11,16,18H2,1H3,(H,27,29). The largest absolute Gasteiger partial charge is 0.445 e. The number of hydrogen-bond donors (Lipinski definition) is 1. The highest BCUT2D eigenvalue weighted by Gasteiger charge is 2.35. The van der Waals surface area contributed by atoms with Crippen LogP contribution in [0.15, 0.2) is 83.8 Å². The third kappa shape index (κ3) is 5.63. The van der Waals surface area contributed by atoms with E-state index in [1.54, 1.807) is 30.3 Å². The van der Waals surface area contributed by atoms with E-state index in [0.29, 0.717) is 18.7 Å². The average molecular weight is 479 g/mol. The molecule has 1 aliphatic heterocycles. The monoisotopic (exact) mass is 478 g/mol. The molecule has 8 heteroatoms. The second-order valence-corrected chi connectivity index (χ2v) is 10.3. The predicted octanol–water partition coefficient (Wildman–Crippen LogP) is 4.50. The van der Waals surface area contributed by atoms with E-state index >= 15 is 0 Å². The first-order chi connectivity index (χ1) is 16.3. The fraction of sp³-hybridized carbons (Fsp3) is 0.231. The van der Waals surface area contributed by atoms with Gasteiger partial charge in [-0.25, -0.2) is 13.2 Å². The summed E-state index contributed by atoms with van der Waals surface area (Å²) >= 11 is 0. The lowest BCUT2D eigenvalue weighted by atomic mass is 10.1. The van der Waals surface area contributed by atoms with Gasteiger partial charge >= 0.3 is 6.09 Å². The number of likely N-dealkylation sites (tertiary alicyclic amines) is 1. The molecule has 1 atom stereocenters. The summed E-state index contributed by atoms with van der Waals surface area (Å²) in [6.07, 6.45) is 1.97. The smallest absolute Gasteiger partial charge is 0.410 e. The van der Waals surface area contributed by atoms with Crippen molar-refractivity contribution in [2.24, 2.45) is 0 Å². The van der Waals surface area contributed by atoms with Crippen LogP contribution in [0.4, 0.5) is 10.5 Å². The van der Waals surface area contributed by atoms with E-state index in [-0.39, 0.29) is 17.4 Å². The average Bonchev–Trinajstić information content (AvgIpc) is 3.33. The molecule has 34 heavy (non-hydrogen) atoms. The van der Waals surface area contributed by atoms with Gasteiger partial charge in [0.25, 0.3) is 0 Å². The molecule has 2 amide bonds. The van der Waals surface area contributed by atoms with Crippen molar-refractivity contribution in [2.75, 3.05) is 18.1 Å². The molecule has 176 valence electrons. The first-order valence-corrected chi connectivity index (χ1v) is 12.9. The van der Waals surface area contributed by atoms with Crippen molar-refractivity contribution >= 4 is 27.5 Å². The summed E-state index contributed by atoms with van der Waals surface area (Å²) < 4.78 is 28.8. The van der Waals surface area contributed by atoms with Crippen LogP contribution in [0.25, 0.3) is 11.1 Å². The molecule has 0 bridgehead atoms. The Morgan fingerprint density at radius 3 is 2.41 bits per heavy atom. The van der Waals surface area contributed by atoms with Crippen LogP contribution in [0, 0.1) is 0 Å². The number of hydrogen-bond acceptors (Lipinski definition) is 5. The van der Waals surface area contributed by atoms with Gasteiger partial charge in [0.2, 0.25) is 5.91 Å². The number of nitrogens with zero attached hydrogens (tertiary/aromatic N) is 1. The van der Waals surface area contributed by atoms with Crippen molar-refractivity contribution in [3.8, 4) is 11.1 Å². The highest BCUT2D eigenvalue weighted by molar-refractivity contribution is 7.90. The van der Waals surface area contributed by atoms with Crippen molar-refractivity contribution in [3.05, 3.63) is 84.4 Å². The highest BCUT2D eigenvalue weighted by atomic mass is 32.2. The van der Waals surface area contributed by atoms with E-state index in [0.717, 1.165) is 23.1 Å². The normalized spacial score (nSPS) is 15.7. The zero-order chi connectivity index (χ0) is 24.1. The molecule has 7 nitrogen and oxygen atoms in total. The molecule has 3 aromatic carbocycles. The molecule has 0 aliphatic carbocycles. The second-order valence-electron chi connectivity index (χ2n) is 8.26. The van der Waals surface area contributed by atoms with Gasteiger partial charge < -0.3 is 10.1 Å². The number of carbonyl (C=O) groups is 2. The molecular weight excluding hydrogens is 452 g/mol. The fourth-order valence-corrected chi connectivity index (χ4v) is 4.59. The van der Waals surface area contributed by atoms with Gasteiger partial charge in [0.1, 0.15) is 12.6 Å². The van der Waals surface area contributed by atoms with Crippen molar-refractivity contribution in [1.82, 2.24) is 4.90 Å². The maximum absolute atomic E-state index is 13.0. The van der Waals surface area contributed by atoms with Gasteiger partial charge in [0.05, 0.1) is 4.90 Å². The molecule has 4 rings (SSSR count). The van der Waals surface area contributed by atoms with Crippen LogP contribution in [-0.2, 0) is 26.0 Å². The summed E-state index contributed by atoms with van der Waals surface area (Å²) in [6.45, 7) is 0.628. The van der Waals surface area contributed by atoms with Crippen LogP contribution >= 0.6 is 0 Å². The summed E-state index contributed by atoms with van der Waals surface area (Å²) in [5, 5.41) is 2.90. The van der Waals surface area contributed by atoms with Gasteiger partial charge in [-0.1, -0.05) is 54.6 Å². The predicted molar refractivity (Wildman–Crippen MR) is 130 cm³/mol. The Morgan fingerprint density at radius 1 is 0.971 bits per heavy atom. The maximum atomic E-state index is 13.0. The van der Waals surface area contributed by atoms with Gasteiger partial charge in [0.15, 0.2) is 9.84 Å². The topological polar surface area (TPSA) is 92.8 Å². The highest BCUT2D eigenvalue weighted by Crippen LogP contribution is 2.26. The Kier molecular flexibility index (Phi) is 6.98. The third-order valence-corrected chi connectivity index (χ3v) is 6.87. The number of ether oxygens (including phenoxy) is 1. The Hall–Kier alpha value is -3.65. The van der Waals surface area contributed by atoms with E-state index in [1.807, 2.05) is 48.5 Å². The lowest BCUT2D eigenvalue weighted by Crippen LogP contribution is -2.43. The number of carbonyl (C=O) groups excluding carboxylic acids is 2. The van der Waals surface area contributed by atoms with E-state index in [2.05, 4.69) is 5.32 Å². The summed E-state index contributed by atoms with van der Waals surface area (Å²) in [7, 11) is -3.27. The van der Waals surface area contributed by atoms with Gasteiger partial charge in [-0.2, -0.15) is 0 Å². The van der Waals surface area contributed by atoms with E-state index in [9.17, 15) is 18.0 Å². The summed E-state index contributed by atoms with van der Waals surface area (Å²) in [4.78, 5) is 27.3. The molecule has 1 saturated heterocycles. The number of rotatable bonds is 6. The summed E-state index contributed by atoms with van der Waals surface area (Å²) in [5.74, 6) is -0.265. The number of sulfone groups is 1. The van der Waals surface area contributed by atoms with Crippen LogP contribution in [0.1, 0.15) is 18.4 Å². The van der Waals surface area contributed by atoms with Crippen LogP contribution in [0.3, 0.4) is 0 Å². The molecule has 3 aromatic rings. The molecule has 1 unspecified atom stereocenters.